The Balaban J connectivity index is 1.52. The second-order valence-corrected chi connectivity index (χ2v) is 8.79. The zero-order valence-electron chi connectivity index (χ0n) is 19.7. The van der Waals surface area contributed by atoms with Crippen molar-refractivity contribution in [2.75, 3.05) is 25.6 Å². The van der Waals surface area contributed by atoms with Crippen LogP contribution in [0.2, 0.25) is 5.02 Å². The standard InChI is InChI=1S/C26H20ClNO8S/c1-3-34-26(32)21-17(15-8-4-5-9-18(15)27)13-37-23(21)28-20(29)12-35-24(30)16-11-14-7-6-10-19(33-2)22(14)36-25(16)31/h4-11,13H,3,12H2,1-2H3,(H,28,29). The monoisotopic (exact) mass is 541 g/mol. The third kappa shape index (κ3) is 5.50. The highest BCUT2D eigenvalue weighted by Crippen LogP contribution is 2.39. The fraction of sp³-hybridized carbons (Fsp3) is 0.154. The molecule has 0 aliphatic heterocycles. The first kappa shape index (κ1) is 25.9. The predicted molar refractivity (Wildman–Crippen MR) is 139 cm³/mol. The lowest BCUT2D eigenvalue weighted by molar-refractivity contribution is -0.119. The highest BCUT2D eigenvalue weighted by molar-refractivity contribution is 7.15. The van der Waals surface area contributed by atoms with Crippen LogP contribution in [0.1, 0.15) is 27.6 Å². The summed E-state index contributed by atoms with van der Waals surface area (Å²) in [7, 11) is 1.42. The van der Waals surface area contributed by atoms with Gasteiger partial charge in [0.2, 0.25) is 0 Å². The number of rotatable bonds is 8. The van der Waals surface area contributed by atoms with Crippen molar-refractivity contribution in [3.8, 4) is 16.9 Å². The molecule has 0 saturated carbocycles. The van der Waals surface area contributed by atoms with Gasteiger partial charge in [-0.05, 0) is 25.1 Å². The van der Waals surface area contributed by atoms with E-state index in [1.807, 2.05) is 0 Å². The minimum Gasteiger partial charge on any atom is -0.493 e. The van der Waals surface area contributed by atoms with Gasteiger partial charge in [0, 0.05) is 26.9 Å². The molecule has 0 unspecified atom stereocenters. The zero-order valence-corrected chi connectivity index (χ0v) is 21.2. The van der Waals surface area contributed by atoms with E-state index in [1.165, 1.54) is 13.2 Å². The summed E-state index contributed by atoms with van der Waals surface area (Å²) in [6.45, 7) is 1.08. The van der Waals surface area contributed by atoms with Gasteiger partial charge in [0.25, 0.3) is 5.91 Å². The molecule has 0 spiro atoms. The van der Waals surface area contributed by atoms with E-state index in [1.54, 1.807) is 54.8 Å². The number of amides is 1. The van der Waals surface area contributed by atoms with Crippen molar-refractivity contribution in [2.24, 2.45) is 0 Å². The number of hydrogen-bond donors (Lipinski definition) is 1. The van der Waals surface area contributed by atoms with Gasteiger partial charge >= 0.3 is 17.6 Å². The van der Waals surface area contributed by atoms with Crippen LogP contribution in [0.15, 0.2) is 63.1 Å². The normalized spacial score (nSPS) is 10.7. The molecule has 4 aromatic rings. The van der Waals surface area contributed by atoms with Crippen LogP contribution in [0.25, 0.3) is 22.1 Å². The number of benzene rings is 2. The number of halogens is 1. The number of thiophene rings is 1. The molecule has 0 saturated heterocycles. The van der Waals surface area contributed by atoms with Crippen molar-refractivity contribution in [3.05, 3.63) is 80.5 Å². The Kier molecular flexibility index (Phi) is 7.90. The number of esters is 2. The Labute approximate surface area is 219 Å². The summed E-state index contributed by atoms with van der Waals surface area (Å²) in [5.41, 5.74) is 0.0831. The third-order valence-corrected chi connectivity index (χ3v) is 6.41. The number of methoxy groups -OCH3 is 1. The Bertz CT molecular complexity index is 1560. The third-order valence-electron chi connectivity index (χ3n) is 5.19. The average molecular weight is 542 g/mol. The molecule has 0 aliphatic rings. The minimum absolute atomic E-state index is 0.127. The van der Waals surface area contributed by atoms with Crippen LogP contribution in [0.4, 0.5) is 5.00 Å². The Morgan fingerprint density at radius 1 is 1.03 bits per heavy atom. The Hall–Kier alpha value is -4.15. The van der Waals surface area contributed by atoms with E-state index in [4.69, 9.17) is 30.2 Å². The second-order valence-electron chi connectivity index (χ2n) is 7.50. The maximum atomic E-state index is 12.7. The largest absolute Gasteiger partial charge is 0.493 e. The van der Waals surface area contributed by atoms with Gasteiger partial charge in [-0.3, -0.25) is 4.79 Å². The number of anilines is 1. The van der Waals surface area contributed by atoms with E-state index in [2.05, 4.69) is 5.32 Å². The van der Waals surface area contributed by atoms with Gasteiger partial charge < -0.3 is 23.9 Å². The van der Waals surface area contributed by atoms with E-state index in [0.29, 0.717) is 27.3 Å². The highest BCUT2D eigenvalue weighted by Gasteiger charge is 2.25. The van der Waals surface area contributed by atoms with Crippen molar-refractivity contribution < 1.29 is 33.0 Å². The van der Waals surface area contributed by atoms with Crippen molar-refractivity contribution in [2.45, 2.75) is 6.92 Å². The van der Waals surface area contributed by atoms with Gasteiger partial charge in [0.15, 0.2) is 17.9 Å². The summed E-state index contributed by atoms with van der Waals surface area (Å²) in [5.74, 6) is -2.07. The zero-order chi connectivity index (χ0) is 26.5. The van der Waals surface area contributed by atoms with Gasteiger partial charge in [-0.2, -0.15) is 0 Å². The van der Waals surface area contributed by atoms with E-state index >= 15 is 0 Å². The first-order valence-corrected chi connectivity index (χ1v) is 12.2. The Morgan fingerprint density at radius 2 is 1.81 bits per heavy atom. The summed E-state index contributed by atoms with van der Waals surface area (Å²) in [6, 6.07) is 13.2. The van der Waals surface area contributed by atoms with Gasteiger partial charge in [0.1, 0.15) is 16.1 Å². The summed E-state index contributed by atoms with van der Waals surface area (Å²) in [6.07, 6.45) is 0. The number of hydrogen-bond acceptors (Lipinski definition) is 9. The van der Waals surface area contributed by atoms with Gasteiger partial charge in [-0.1, -0.05) is 41.9 Å². The first-order valence-electron chi connectivity index (χ1n) is 10.9. The fourth-order valence-electron chi connectivity index (χ4n) is 3.53. The topological polar surface area (TPSA) is 121 Å². The van der Waals surface area contributed by atoms with E-state index < -0.39 is 30.1 Å². The molecule has 11 heteroatoms. The molecular weight excluding hydrogens is 522 g/mol. The van der Waals surface area contributed by atoms with Crippen LogP contribution in [0, 0.1) is 0 Å². The number of ether oxygens (including phenoxy) is 3. The summed E-state index contributed by atoms with van der Waals surface area (Å²) < 4.78 is 20.6. The van der Waals surface area contributed by atoms with Crippen LogP contribution < -0.4 is 15.7 Å². The van der Waals surface area contributed by atoms with Crippen LogP contribution in [0.3, 0.4) is 0 Å². The molecule has 0 radical (unpaired) electrons. The number of fused-ring (bicyclic) bond motifs is 1. The van der Waals surface area contributed by atoms with E-state index in [9.17, 15) is 19.2 Å². The van der Waals surface area contributed by atoms with Crippen LogP contribution in [0.5, 0.6) is 5.75 Å². The molecule has 2 aromatic heterocycles. The number of nitrogens with one attached hydrogen (secondary N) is 1. The van der Waals surface area contributed by atoms with Crippen molar-refractivity contribution in [1.82, 2.24) is 0 Å². The summed E-state index contributed by atoms with van der Waals surface area (Å²) in [5, 5.41) is 5.30. The first-order chi connectivity index (χ1) is 17.8. The molecule has 0 bridgehead atoms. The lowest BCUT2D eigenvalue weighted by Gasteiger charge is -2.10. The second kappa shape index (κ2) is 11.3. The molecule has 0 aliphatic carbocycles. The molecule has 190 valence electrons. The summed E-state index contributed by atoms with van der Waals surface area (Å²) in [4.78, 5) is 50.2. The molecule has 1 N–H and O–H groups in total. The average Bonchev–Trinajstić information content (AvgIpc) is 3.30. The molecule has 2 aromatic carbocycles. The summed E-state index contributed by atoms with van der Waals surface area (Å²) >= 11 is 7.40. The van der Waals surface area contributed by atoms with Crippen molar-refractivity contribution in [3.63, 3.8) is 0 Å². The number of carbonyl (C=O) groups excluding carboxylic acids is 3. The molecule has 2 heterocycles. The van der Waals surface area contributed by atoms with Crippen LogP contribution >= 0.6 is 22.9 Å². The number of carbonyl (C=O) groups is 3. The highest BCUT2D eigenvalue weighted by atomic mass is 35.5. The SMILES string of the molecule is CCOC(=O)c1c(-c2ccccc2Cl)csc1NC(=O)COC(=O)c1cc2cccc(OC)c2oc1=O. The molecular formula is C26H20ClNO8S. The van der Waals surface area contributed by atoms with E-state index in [0.717, 1.165) is 11.3 Å². The maximum Gasteiger partial charge on any atom is 0.351 e. The minimum atomic E-state index is -1.04. The number of para-hydroxylation sites is 1. The van der Waals surface area contributed by atoms with Crippen LogP contribution in [-0.2, 0) is 14.3 Å². The molecule has 0 atom stereocenters. The fourth-order valence-corrected chi connectivity index (χ4v) is 4.73. The molecule has 4 rings (SSSR count). The van der Waals surface area contributed by atoms with Gasteiger partial charge in [0.05, 0.1) is 13.7 Å². The lowest BCUT2D eigenvalue weighted by Crippen LogP contribution is -2.24. The lowest BCUT2D eigenvalue weighted by atomic mass is 10.0. The quantitative estimate of drug-likeness (QED) is 0.240. The van der Waals surface area contributed by atoms with Crippen molar-refractivity contribution >= 4 is 56.8 Å². The van der Waals surface area contributed by atoms with Gasteiger partial charge in [-0.25, -0.2) is 14.4 Å². The molecule has 1 amide bonds. The van der Waals surface area contributed by atoms with Crippen molar-refractivity contribution in [1.29, 1.82) is 0 Å². The molecule has 9 nitrogen and oxygen atoms in total. The van der Waals surface area contributed by atoms with Gasteiger partial charge in [-0.15, -0.1) is 11.3 Å². The maximum absolute atomic E-state index is 12.7. The predicted octanol–water partition coefficient (Wildman–Crippen LogP) is 5.16. The smallest absolute Gasteiger partial charge is 0.351 e. The van der Waals surface area contributed by atoms with E-state index in [-0.39, 0.29) is 28.3 Å². The Morgan fingerprint density at radius 3 is 2.54 bits per heavy atom. The molecule has 37 heavy (non-hydrogen) atoms. The van der Waals surface area contributed by atoms with Crippen LogP contribution in [-0.4, -0.2) is 38.2 Å². The molecule has 0 fully saturated rings.